The molecule has 2 aromatic rings. The first-order valence-corrected chi connectivity index (χ1v) is 5.38. The average molecular weight is 269 g/mol. The van der Waals surface area contributed by atoms with E-state index < -0.39 is 4.92 Å². The molecule has 0 radical (unpaired) electrons. The Morgan fingerprint density at radius 3 is 2.89 bits per heavy atom. The summed E-state index contributed by atoms with van der Waals surface area (Å²) in [5, 5.41) is 18.3. The van der Waals surface area contributed by atoms with Crippen LogP contribution in [0.2, 0.25) is 0 Å². The van der Waals surface area contributed by atoms with Crippen LogP contribution in [0.5, 0.6) is 0 Å². The van der Waals surface area contributed by atoms with Gasteiger partial charge >= 0.3 is 5.69 Å². The molecular weight excluding hydrogens is 262 g/mol. The molecule has 0 spiro atoms. The Kier molecular flexibility index (Phi) is 3.34. The van der Waals surface area contributed by atoms with E-state index >= 15 is 0 Å². The van der Waals surface area contributed by atoms with Gasteiger partial charge < -0.3 is 4.42 Å². The van der Waals surface area contributed by atoms with E-state index in [0.29, 0.717) is 5.89 Å². The van der Waals surface area contributed by atoms with Crippen molar-refractivity contribution in [3.8, 4) is 0 Å². The van der Waals surface area contributed by atoms with Gasteiger partial charge in [0, 0.05) is 6.92 Å². The maximum absolute atomic E-state index is 10.8. The van der Waals surface area contributed by atoms with E-state index in [0.717, 1.165) is 18.0 Å². The zero-order chi connectivity index (χ0) is 13.1. The molecule has 2 aromatic heterocycles. The van der Waals surface area contributed by atoms with Gasteiger partial charge in [0.15, 0.2) is 5.03 Å². The fraction of sp³-hybridized carbons (Fsp3) is 0.143. The van der Waals surface area contributed by atoms with Crippen molar-refractivity contribution in [1.29, 1.82) is 0 Å². The van der Waals surface area contributed by atoms with Crippen LogP contribution in [-0.2, 0) is 0 Å². The summed E-state index contributed by atoms with van der Waals surface area (Å²) in [5.41, 5.74) is 1.93. The van der Waals surface area contributed by atoms with Crippen molar-refractivity contribution in [1.82, 2.24) is 20.2 Å². The zero-order valence-electron chi connectivity index (χ0n) is 9.02. The van der Waals surface area contributed by atoms with Crippen molar-refractivity contribution < 1.29 is 9.34 Å². The van der Waals surface area contributed by atoms with Gasteiger partial charge in [-0.2, -0.15) is 4.98 Å². The molecule has 0 aromatic carbocycles. The minimum Gasteiger partial charge on any atom is -0.416 e. The average Bonchev–Trinajstić information content (AvgIpc) is 2.74. The maximum atomic E-state index is 10.8. The molecule has 0 fully saturated rings. The number of nitro groups is 1. The summed E-state index contributed by atoms with van der Waals surface area (Å²) in [6.45, 7) is 1.61. The van der Waals surface area contributed by atoms with Gasteiger partial charge in [0.05, 0.1) is 4.92 Å². The molecule has 94 valence electrons. The van der Waals surface area contributed by atoms with Gasteiger partial charge in [-0.15, -0.1) is 10.2 Å². The highest BCUT2D eigenvalue weighted by atomic mass is 32.2. The summed E-state index contributed by atoms with van der Waals surface area (Å²) in [6.07, 6.45) is 1.05. The van der Waals surface area contributed by atoms with Crippen LogP contribution in [0.15, 0.2) is 20.9 Å². The van der Waals surface area contributed by atoms with Gasteiger partial charge in [-0.3, -0.25) is 15.5 Å². The van der Waals surface area contributed by atoms with Crippen molar-refractivity contribution in [3.05, 3.63) is 22.2 Å². The third kappa shape index (κ3) is 2.52. The summed E-state index contributed by atoms with van der Waals surface area (Å²) in [7, 11) is 0. The summed E-state index contributed by atoms with van der Waals surface area (Å²) in [6, 6.07) is 0. The van der Waals surface area contributed by atoms with Crippen LogP contribution in [0.1, 0.15) is 5.89 Å². The fourth-order valence-electron chi connectivity index (χ4n) is 1.03. The van der Waals surface area contributed by atoms with Gasteiger partial charge in [0.1, 0.15) is 6.20 Å². The van der Waals surface area contributed by atoms with Crippen LogP contribution in [0.3, 0.4) is 0 Å². The van der Waals surface area contributed by atoms with Crippen LogP contribution < -0.4 is 11.3 Å². The third-order valence-electron chi connectivity index (χ3n) is 1.75. The predicted octanol–water partition coefficient (Wildman–Crippen LogP) is 0.513. The van der Waals surface area contributed by atoms with Crippen molar-refractivity contribution in [2.45, 2.75) is 17.2 Å². The molecule has 0 aliphatic rings. The summed E-state index contributed by atoms with van der Waals surface area (Å²) < 4.78 is 5.10. The number of nitrogens with one attached hydrogen (secondary N) is 1. The second-order valence-electron chi connectivity index (χ2n) is 2.97. The molecule has 0 saturated carbocycles. The first-order chi connectivity index (χ1) is 8.60. The van der Waals surface area contributed by atoms with Crippen molar-refractivity contribution in [3.63, 3.8) is 0 Å². The highest BCUT2D eigenvalue weighted by Crippen LogP contribution is 2.32. The minimum atomic E-state index is -0.605. The predicted molar refractivity (Wildman–Crippen MR) is 59.7 cm³/mol. The highest BCUT2D eigenvalue weighted by Gasteiger charge is 2.20. The Hall–Kier alpha value is -2.27. The lowest BCUT2D eigenvalue weighted by molar-refractivity contribution is -0.388. The Bertz CT molecular complexity index is 586. The number of rotatable bonds is 4. The fourth-order valence-corrected chi connectivity index (χ4v) is 1.81. The number of hydrogen-bond donors (Lipinski definition) is 2. The largest absolute Gasteiger partial charge is 0.416 e. The molecule has 10 nitrogen and oxygen atoms in total. The van der Waals surface area contributed by atoms with E-state index in [1.165, 1.54) is 0 Å². The van der Waals surface area contributed by atoms with Gasteiger partial charge in [-0.25, -0.2) is 10.8 Å². The van der Waals surface area contributed by atoms with E-state index in [1.54, 1.807) is 6.92 Å². The molecule has 11 heteroatoms. The molecule has 2 heterocycles. The first kappa shape index (κ1) is 12.2. The molecule has 18 heavy (non-hydrogen) atoms. The van der Waals surface area contributed by atoms with Crippen molar-refractivity contribution in [2.75, 3.05) is 5.43 Å². The van der Waals surface area contributed by atoms with E-state index in [-0.39, 0.29) is 21.9 Å². The number of hydrazine groups is 1. The second kappa shape index (κ2) is 4.93. The van der Waals surface area contributed by atoms with Crippen molar-refractivity contribution in [2.24, 2.45) is 5.84 Å². The molecule has 0 atom stereocenters. The lowest BCUT2D eigenvalue weighted by atomic mass is 10.5. The zero-order valence-corrected chi connectivity index (χ0v) is 9.84. The number of hydrogen-bond acceptors (Lipinski definition) is 10. The number of anilines is 1. The molecule has 0 aliphatic carbocycles. The molecule has 2 rings (SSSR count). The molecule has 3 N–H and O–H groups in total. The van der Waals surface area contributed by atoms with Crippen LogP contribution in [0, 0.1) is 17.0 Å². The van der Waals surface area contributed by atoms with E-state index in [4.69, 9.17) is 10.3 Å². The number of aryl methyl sites for hydroxylation is 1. The van der Waals surface area contributed by atoms with Crippen molar-refractivity contribution >= 4 is 23.4 Å². The van der Waals surface area contributed by atoms with Gasteiger partial charge in [0.2, 0.25) is 11.8 Å². The van der Waals surface area contributed by atoms with Crippen LogP contribution in [0.25, 0.3) is 0 Å². The summed E-state index contributed by atoms with van der Waals surface area (Å²) in [4.78, 5) is 17.7. The topological polar surface area (TPSA) is 146 Å². The second-order valence-corrected chi connectivity index (χ2v) is 3.91. The summed E-state index contributed by atoms with van der Waals surface area (Å²) >= 11 is 0.864. The first-order valence-electron chi connectivity index (χ1n) is 4.56. The molecule has 0 aliphatic heterocycles. The monoisotopic (exact) mass is 269 g/mol. The number of nitrogens with two attached hydrogens (primary N) is 1. The lowest BCUT2D eigenvalue weighted by Crippen LogP contribution is -2.11. The van der Waals surface area contributed by atoms with Gasteiger partial charge in [0.25, 0.3) is 5.22 Å². The van der Waals surface area contributed by atoms with Crippen LogP contribution >= 0.6 is 11.8 Å². The van der Waals surface area contributed by atoms with E-state index in [1.807, 2.05) is 0 Å². The Balaban J connectivity index is 2.37. The summed E-state index contributed by atoms with van der Waals surface area (Å²) in [5.74, 6) is 5.54. The van der Waals surface area contributed by atoms with Gasteiger partial charge in [-0.1, -0.05) is 0 Å². The molecule has 0 bridgehead atoms. The smallest absolute Gasteiger partial charge is 0.320 e. The molecule has 0 amide bonds. The SMILES string of the molecule is Cc1nnc(Sc2nc(NN)ncc2[N+](=O)[O-])o1. The Morgan fingerprint density at radius 1 is 1.56 bits per heavy atom. The standard InChI is InChI=1S/C7H7N7O3S/c1-3-12-13-7(17-3)18-5-4(14(15)16)2-9-6(10-5)11-8/h2H,8H2,1H3,(H,9,10,11). The van der Waals surface area contributed by atoms with E-state index in [2.05, 4.69) is 25.6 Å². The van der Waals surface area contributed by atoms with Crippen LogP contribution in [0.4, 0.5) is 11.6 Å². The van der Waals surface area contributed by atoms with Gasteiger partial charge in [-0.05, 0) is 11.8 Å². The quantitative estimate of drug-likeness (QED) is 0.348. The van der Waals surface area contributed by atoms with E-state index in [9.17, 15) is 10.1 Å². The maximum Gasteiger partial charge on any atom is 0.320 e. The molecular formula is C7H7N7O3S. The van der Waals surface area contributed by atoms with Crippen LogP contribution in [-0.4, -0.2) is 25.1 Å². The third-order valence-corrected chi connectivity index (χ3v) is 2.59. The minimum absolute atomic E-state index is 0.0549. The normalized spacial score (nSPS) is 10.3. The lowest BCUT2D eigenvalue weighted by Gasteiger charge is -2.01. The highest BCUT2D eigenvalue weighted by molar-refractivity contribution is 7.99. The Morgan fingerprint density at radius 2 is 2.33 bits per heavy atom. The molecule has 0 saturated heterocycles. The molecule has 0 unspecified atom stereocenters. The number of aromatic nitrogens is 4. The number of nitrogen functional groups attached to an aromatic ring is 1. The Labute approximate surface area is 104 Å². The number of nitrogens with zero attached hydrogens (tertiary/aromatic N) is 5.